The van der Waals surface area contributed by atoms with Gasteiger partial charge in [0, 0.05) is 25.8 Å². The zero-order valence-electron chi connectivity index (χ0n) is 11.7. The van der Waals surface area contributed by atoms with Crippen LogP contribution in [0.25, 0.3) is 0 Å². The smallest absolute Gasteiger partial charge is 0.205 e. The van der Waals surface area contributed by atoms with Crippen LogP contribution in [0.5, 0.6) is 0 Å². The Morgan fingerprint density at radius 2 is 2.28 bits per heavy atom. The van der Waals surface area contributed by atoms with Crippen molar-refractivity contribution in [3.05, 3.63) is 11.9 Å². The number of nitrogens with two attached hydrogens (primary N) is 1. The van der Waals surface area contributed by atoms with Gasteiger partial charge in [-0.15, -0.1) is 0 Å². The third-order valence-corrected chi connectivity index (χ3v) is 3.82. The summed E-state index contributed by atoms with van der Waals surface area (Å²) in [6.45, 7) is 8.47. The number of nitrogens with zero attached hydrogens (tertiary/aromatic N) is 3. The van der Waals surface area contributed by atoms with Gasteiger partial charge in [-0.05, 0) is 31.7 Å². The van der Waals surface area contributed by atoms with Crippen LogP contribution >= 0.6 is 0 Å². The fourth-order valence-corrected chi connectivity index (χ4v) is 2.58. The molecule has 0 spiro atoms. The molecule has 18 heavy (non-hydrogen) atoms. The highest BCUT2D eigenvalue weighted by atomic mass is 15.3. The van der Waals surface area contributed by atoms with Crippen LogP contribution < -0.4 is 10.6 Å². The van der Waals surface area contributed by atoms with E-state index in [0.29, 0.717) is 5.92 Å². The van der Waals surface area contributed by atoms with E-state index < -0.39 is 0 Å². The number of anilines is 1. The first-order chi connectivity index (χ1) is 8.78. The average Bonchev–Trinajstić information content (AvgIpc) is 3.02. The normalized spacial score (nSPS) is 19.7. The Bertz CT molecular complexity index is 372. The lowest BCUT2D eigenvalue weighted by molar-refractivity contribution is 0.595. The van der Waals surface area contributed by atoms with Gasteiger partial charge in [-0.25, -0.2) is 4.98 Å². The van der Waals surface area contributed by atoms with E-state index in [-0.39, 0.29) is 0 Å². The number of hydrogen-bond acceptors (Lipinski definition) is 3. The molecular weight excluding hydrogens is 224 g/mol. The van der Waals surface area contributed by atoms with Gasteiger partial charge in [0.25, 0.3) is 0 Å². The molecule has 1 fully saturated rings. The summed E-state index contributed by atoms with van der Waals surface area (Å²) in [4.78, 5) is 7.19. The molecule has 1 unspecified atom stereocenters. The third-order valence-electron chi connectivity index (χ3n) is 3.82. The summed E-state index contributed by atoms with van der Waals surface area (Å²) in [6.07, 6.45) is 6.89. The second-order valence-electron chi connectivity index (χ2n) is 5.27. The van der Waals surface area contributed by atoms with Crippen LogP contribution in [-0.4, -0.2) is 29.2 Å². The van der Waals surface area contributed by atoms with Gasteiger partial charge >= 0.3 is 0 Å². The van der Waals surface area contributed by atoms with E-state index in [1.54, 1.807) is 0 Å². The van der Waals surface area contributed by atoms with Crippen LogP contribution in [0, 0.1) is 5.92 Å². The molecule has 2 heterocycles. The Kier molecular flexibility index (Phi) is 4.64. The van der Waals surface area contributed by atoms with E-state index in [1.165, 1.54) is 25.0 Å². The predicted octanol–water partition coefficient (Wildman–Crippen LogP) is 2.03. The predicted molar refractivity (Wildman–Crippen MR) is 75.9 cm³/mol. The van der Waals surface area contributed by atoms with Crippen LogP contribution in [0.2, 0.25) is 0 Å². The van der Waals surface area contributed by atoms with Gasteiger partial charge in [0.1, 0.15) is 0 Å². The van der Waals surface area contributed by atoms with E-state index >= 15 is 0 Å². The maximum Gasteiger partial charge on any atom is 0.205 e. The molecule has 0 saturated carbocycles. The van der Waals surface area contributed by atoms with Gasteiger partial charge < -0.3 is 15.2 Å². The quantitative estimate of drug-likeness (QED) is 0.840. The zero-order valence-corrected chi connectivity index (χ0v) is 11.7. The number of aromatic nitrogens is 2. The van der Waals surface area contributed by atoms with Crippen molar-refractivity contribution in [3.63, 3.8) is 0 Å². The molecule has 1 saturated heterocycles. The van der Waals surface area contributed by atoms with Crippen molar-refractivity contribution < 1.29 is 0 Å². The Hall–Kier alpha value is -1.03. The first-order valence-electron chi connectivity index (χ1n) is 7.29. The highest BCUT2D eigenvalue weighted by Gasteiger charge is 2.24. The SMILES string of the molecule is CCCCn1cc(CC)nc1N1CCC(CN)C1. The molecule has 0 amide bonds. The Balaban J connectivity index is 2.12. The molecular formula is C14H26N4. The molecule has 4 heteroatoms. The maximum absolute atomic E-state index is 5.77. The lowest BCUT2D eigenvalue weighted by Crippen LogP contribution is -2.25. The summed E-state index contributed by atoms with van der Waals surface area (Å²) in [5.74, 6) is 1.81. The van der Waals surface area contributed by atoms with Crippen molar-refractivity contribution in [3.8, 4) is 0 Å². The van der Waals surface area contributed by atoms with E-state index in [0.717, 1.165) is 38.5 Å². The van der Waals surface area contributed by atoms with Crippen LogP contribution in [0.15, 0.2) is 6.20 Å². The Morgan fingerprint density at radius 1 is 1.44 bits per heavy atom. The molecule has 1 aliphatic rings. The molecule has 2 rings (SSSR count). The van der Waals surface area contributed by atoms with Crippen LogP contribution in [-0.2, 0) is 13.0 Å². The van der Waals surface area contributed by atoms with Crippen molar-refractivity contribution in [1.82, 2.24) is 9.55 Å². The van der Waals surface area contributed by atoms with Crippen molar-refractivity contribution in [2.24, 2.45) is 11.7 Å². The molecule has 102 valence electrons. The molecule has 1 aromatic heterocycles. The van der Waals surface area contributed by atoms with Gasteiger partial charge in [-0.2, -0.15) is 0 Å². The van der Waals surface area contributed by atoms with Crippen molar-refractivity contribution in [2.45, 2.75) is 46.1 Å². The summed E-state index contributed by atoms with van der Waals surface area (Å²) >= 11 is 0. The van der Waals surface area contributed by atoms with Gasteiger partial charge in [-0.3, -0.25) is 0 Å². The summed E-state index contributed by atoms with van der Waals surface area (Å²) < 4.78 is 2.33. The second kappa shape index (κ2) is 6.23. The van der Waals surface area contributed by atoms with Gasteiger partial charge in [-0.1, -0.05) is 20.3 Å². The van der Waals surface area contributed by atoms with Crippen molar-refractivity contribution in [1.29, 1.82) is 0 Å². The number of hydrogen-bond donors (Lipinski definition) is 1. The van der Waals surface area contributed by atoms with Gasteiger partial charge in [0.05, 0.1) is 5.69 Å². The number of aryl methyl sites for hydroxylation is 2. The lowest BCUT2D eigenvalue weighted by Gasteiger charge is -2.18. The van der Waals surface area contributed by atoms with E-state index in [2.05, 4.69) is 29.5 Å². The minimum absolute atomic E-state index is 0.645. The molecule has 1 atom stereocenters. The summed E-state index contributed by atoms with van der Waals surface area (Å²) in [5, 5.41) is 0. The summed E-state index contributed by atoms with van der Waals surface area (Å²) in [6, 6.07) is 0. The molecule has 1 aliphatic heterocycles. The largest absolute Gasteiger partial charge is 0.342 e. The van der Waals surface area contributed by atoms with E-state index in [1.807, 2.05) is 0 Å². The monoisotopic (exact) mass is 250 g/mol. The van der Waals surface area contributed by atoms with E-state index in [4.69, 9.17) is 10.7 Å². The summed E-state index contributed by atoms with van der Waals surface area (Å²) in [7, 11) is 0. The minimum Gasteiger partial charge on any atom is -0.342 e. The maximum atomic E-state index is 5.77. The number of unbranched alkanes of at least 4 members (excludes halogenated alkanes) is 1. The highest BCUT2D eigenvalue weighted by Crippen LogP contribution is 2.23. The minimum atomic E-state index is 0.645. The van der Waals surface area contributed by atoms with Gasteiger partial charge in [0.15, 0.2) is 0 Å². The first-order valence-corrected chi connectivity index (χ1v) is 7.29. The lowest BCUT2D eigenvalue weighted by atomic mass is 10.1. The fraction of sp³-hybridized carbons (Fsp3) is 0.786. The molecule has 1 aromatic rings. The molecule has 0 aliphatic carbocycles. The van der Waals surface area contributed by atoms with Crippen LogP contribution in [0.4, 0.5) is 5.95 Å². The summed E-state index contributed by atoms with van der Waals surface area (Å²) in [5.41, 5.74) is 6.98. The topological polar surface area (TPSA) is 47.1 Å². The Morgan fingerprint density at radius 3 is 2.89 bits per heavy atom. The molecule has 0 radical (unpaired) electrons. The molecule has 4 nitrogen and oxygen atoms in total. The average molecular weight is 250 g/mol. The molecule has 0 bridgehead atoms. The third kappa shape index (κ3) is 2.86. The molecule has 0 aromatic carbocycles. The van der Waals surface area contributed by atoms with E-state index in [9.17, 15) is 0 Å². The highest BCUT2D eigenvalue weighted by molar-refractivity contribution is 5.35. The number of imidazole rings is 1. The second-order valence-corrected chi connectivity index (χ2v) is 5.27. The fourth-order valence-electron chi connectivity index (χ4n) is 2.58. The zero-order chi connectivity index (χ0) is 13.0. The van der Waals surface area contributed by atoms with Crippen LogP contribution in [0.3, 0.4) is 0 Å². The van der Waals surface area contributed by atoms with Crippen LogP contribution in [0.1, 0.15) is 38.8 Å². The van der Waals surface area contributed by atoms with Crippen molar-refractivity contribution >= 4 is 5.95 Å². The van der Waals surface area contributed by atoms with Gasteiger partial charge in [0.2, 0.25) is 5.95 Å². The Labute approximate surface area is 110 Å². The standard InChI is InChI=1S/C14H26N4/c1-3-5-7-17-11-13(4-2)16-14(17)18-8-6-12(9-15)10-18/h11-12H,3-10,15H2,1-2H3. The number of rotatable bonds is 6. The van der Waals surface area contributed by atoms with Crippen molar-refractivity contribution in [2.75, 3.05) is 24.5 Å². The molecule has 2 N–H and O–H groups in total. The first kappa shape index (κ1) is 13.4.